The molecule has 114 valence electrons. The lowest BCUT2D eigenvalue weighted by atomic mass is 9.88. The van der Waals surface area contributed by atoms with Gasteiger partial charge >= 0.3 is 5.97 Å². The van der Waals surface area contributed by atoms with Gasteiger partial charge in [0.15, 0.2) is 0 Å². The van der Waals surface area contributed by atoms with E-state index in [-0.39, 0.29) is 5.56 Å². The largest absolute Gasteiger partial charge is 0.478 e. The van der Waals surface area contributed by atoms with Crippen molar-refractivity contribution in [3.63, 3.8) is 0 Å². The lowest BCUT2D eigenvalue weighted by Crippen LogP contribution is -2.29. The van der Waals surface area contributed by atoms with Crippen LogP contribution in [0.4, 0.5) is 15.8 Å². The number of halogens is 1. The standard InChI is InChI=1S/C16H21FN2O2/c1-19(8-11-5-9-2-3-10(11)4-9)15-7-13(17)12(16(20)21)6-14(15)18/h6-7,9-11H,2-5,8,18H2,1H3,(H,20,21). The SMILES string of the molecule is CN(CC1CC2CCC1C2)c1cc(F)c(C(=O)O)cc1N. The summed E-state index contributed by atoms with van der Waals surface area (Å²) in [6.45, 7) is 0.858. The molecule has 0 aromatic heterocycles. The molecule has 2 aliphatic carbocycles. The molecule has 0 heterocycles. The third-order valence-electron chi connectivity index (χ3n) is 5.15. The van der Waals surface area contributed by atoms with Crippen molar-refractivity contribution in [2.24, 2.45) is 17.8 Å². The summed E-state index contributed by atoms with van der Waals surface area (Å²) >= 11 is 0. The first-order chi connectivity index (χ1) is 9.95. The lowest BCUT2D eigenvalue weighted by Gasteiger charge is -2.29. The Morgan fingerprint density at radius 3 is 2.76 bits per heavy atom. The highest BCUT2D eigenvalue weighted by atomic mass is 19.1. The Labute approximate surface area is 123 Å². The summed E-state index contributed by atoms with van der Waals surface area (Å²) in [5, 5.41) is 8.91. The second-order valence-corrected chi connectivity index (χ2v) is 6.51. The molecule has 5 heteroatoms. The molecule has 3 N–H and O–H groups in total. The molecule has 2 fully saturated rings. The Morgan fingerprint density at radius 2 is 2.19 bits per heavy atom. The van der Waals surface area contributed by atoms with Crippen LogP contribution < -0.4 is 10.6 Å². The summed E-state index contributed by atoms with van der Waals surface area (Å²) in [6.07, 6.45) is 5.25. The zero-order chi connectivity index (χ0) is 15.1. The fraction of sp³-hybridized carbons (Fsp3) is 0.562. The number of carboxylic acid groups (broad SMARTS) is 1. The normalized spacial score (nSPS) is 27.0. The number of nitrogens with zero attached hydrogens (tertiary/aromatic N) is 1. The maximum atomic E-state index is 13.8. The van der Waals surface area contributed by atoms with Crippen LogP contribution in [-0.4, -0.2) is 24.7 Å². The van der Waals surface area contributed by atoms with Crippen LogP contribution in [0.2, 0.25) is 0 Å². The van der Waals surface area contributed by atoms with Gasteiger partial charge in [-0.25, -0.2) is 9.18 Å². The van der Waals surface area contributed by atoms with E-state index in [2.05, 4.69) is 0 Å². The molecule has 1 aromatic carbocycles. The number of carbonyl (C=O) groups is 1. The molecule has 21 heavy (non-hydrogen) atoms. The van der Waals surface area contributed by atoms with E-state index in [0.717, 1.165) is 18.4 Å². The first-order valence-electron chi connectivity index (χ1n) is 7.49. The lowest BCUT2D eigenvalue weighted by molar-refractivity contribution is 0.0692. The van der Waals surface area contributed by atoms with Gasteiger partial charge in [-0.3, -0.25) is 0 Å². The van der Waals surface area contributed by atoms with Crippen molar-refractivity contribution >= 4 is 17.3 Å². The van der Waals surface area contributed by atoms with E-state index < -0.39 is 11.8 Å². The first kappa shape index (κ1) is 14.2. The highest BCUT2D eigenvalue weighted by Crippen LogP contribution is 2.48. The van der Waals surface area contributed by atoms with Crippen molar-refractivity contribution in [2.75, 3.05) is 24.2 Å². The van der Waals surface area contributed by atoms with Crippen LogP contribution in [0.15, 0.2) is 12.1 Å². The summed E-state index contributed by atoms with van der Waals surface area (Å²) in [4.78, 5) is 12.9. The second kappa shape index (κ2) is 5.20. The highest BCUT2D eigenvalue weighted by molar-refractivity contribution is 5.90. The maximum Gasteiger partial charge on any atom is 0.338 e. The van der Waals surface area contributed by atoms with Crippen molar-refractivity contribution in [3.8, 4) is 0 Å². The van der Waals surface area contributed by atoms with Crippen molar-refractivity contribution in [1.29, 1.82) is 0 Å². The molecule has 2 saturated carbocycles. The summed E-state index contributed by atoms with van der Waals surface area (Å²) in [5.74, 6) is 0.294. The van der Waals surface area contributed by atoms with Gasteiger partial charge in [-0.1, -0.05) is 6.42 Å². The Hall–Kier alpha value is -1.78. The molecule has 3 unspecified atom stereocenters. The van der Waals surface area contributed by atoms with Gasteiger partial charge in [-0.15, -0.1) is 0 Å². The van der Waals surface area contributed by atoms with E-state index in [1.165, 1.54) is 37.8 Å². The quantitative estimate of drug-likeness (QED) is 0.837. The summed E-state index contributed by atoms with van der Waals surface area (Å²) < 4.78 is 13.8. The van der Waals surface area contributed by atoms with E-state index in [4.69, 9.17) is 10.8 Å². The summed E-state index contributed by atoms with van der Waals surface area (Å²) in [7, 11) is 1.90. The van der Waals surface area contributed by atoms with Crippen LogP contribution in [0.3, 0.4) is 0 Å². The topological polar surface area (TPSA) is 66.6 Å². The smallest absolute Gasteiger partial charge is 0.338 e. The average Bonchev–Trinajstić information content (AvgIpc) is 3.02. The minimum Gasteiger partial charge on any atom is -0.478 e. The molecular formula is C16H21FN2O2. The summed E-state index contributed by atoms with van der Waals surface area (Å²) in [6, 6.07) is 2.45. The Kier molecular flexibility index (Phi) is 3.51. The average molecular weight is 292 g/mol. The molecule has 4 nitrogen and oxygen atoms in total. The number of benzene rings is 1. The zero-order valence-electron chi connectivity index (χ0n) is 12.2. The molecule has 0 radical (unpaired) electrons. The minimum atomic E-state index is -1.29. The molecule has 3 rings (SSSR count). The van der Waals surface area contributed by atoms with Crippen LogP contribution in [0.5, 0.6) is 0 Å². The number of fused-ring (bicyclic) bond motifs is 2. The number of hydrogen-bond acceptors (Lipinski definition) is 3. The predicted octanol–water partition coefficient (Wildman–Crippen LogP) is 2.98. The second-order valence-electron chi connectivity index (χ2n) is 6.51. The molecule has 0 saturated heterocycles. The van der Waals surface area contributed by atoms with Gasteiger partial charge in [0.05, 0.1) is 16.9 Å². The van der Waals surface area contributed by atoms with Crippen molar-refractivity contribution in [3.05, 3.63) is 23.5 Å². The monoisotopic (exact) mass is 292 g/mol. The molecule has 0 amide bonds. The van der Waals surface area contributed by atoms with Crippen LogP contribution in [0, 0.1) is 23.6 Å². The van der Waals surface area contributed by atoms with Crippen LogP contribution in [0.25, 0.3) is 0 Å². The minimum absolute atomic E-state index is 0.319. The van der Waals surface area contributed by atoms with Crippen molar-refractivity contribution in [2.45, 2.75) is 25.7 Å². The van der Waals surface area contributed by atoms with E-state index in [1.807, 2.05) is 11.9 Å². The molecule has 2 aliphatic rings. The number of nitrogen functional groups attached to an aromatic ring is 1. The zero-order valence-corrected chi connectivity index (χ0v) is 12.2. The molecule has 0 spiro atoms. The van der Waals surface area contributed by atoms with Gasteiger partial charge in [0.1, 0.15) is 5.82 Å². The Balaban J connectivity index is 1.77. The van der Waals surface area contributed by atoms with Crippen LogP contribution in [0.1, 0.15) is 36.0 Å². The van der Waals surface area contributed by atoms with Crippen LogP contribution in [-0.2, 0) is 0 Å². The first-order valence-corrected chi connectivity index (χ1v) is 7.49. The van der Waals surface area contributed by atoms with E-state index >= 15 is 0 Å². The third-order valence-corrected chi connectivity index (χ3v) is 5.15. The molecule has 3 atom stereocenters. The van der Waals surface area contributed by atoms with Gasteiger partial charge in [0, 0.05) is 19.7 Å². The number of rotatable bonds is 4. The fourth-order valence-corrected chi connectivity index (χ4v) is 4.12. The Bertz CT molecular complexity index is 576. The fourth-order valence-electron chi connectivity index (χ4n) is 4.12. The van der Waals surface area contributed by atoms with Gasteiger partial charge in [-0.05, 0) is 43.1 Å². The summed E-state index contributed by atoms with van der Waals surface area (Å²) in [5.41, 5.74) is 6.44. The van der Waals surface area contributed by atoms with Gasteiger partial charge in [0.25, 0.3) is 0 Å². The van der Waals surface area contributed by atoms with Crippen molar-refractivity contribution in [1.82, 2.24) is 0 Å². The van der Waals surface area contributed by atoms with Gasteiger partial charge in [0.2, 0.25) is 0 Å². The molecular weight excluding hydrogens is 271 g/mol. The highest BCUT2D eigenvalue weighted by Gasteiger charge is 2.39. The Morgan fingerprint density at radius 1 is 1.43 bits per heavy atom. The molecule has 0 aliphatic heterocycles. The molecule has 1 aromatic rings. The number of carboxylic acids is 1. The van der Waals surface area contributed by atoms with Gasteiger partial charge in [-0.2, -0.15) is 0 Å². The van der Waals surface area contributed by atoms with E-state index in [0.29, 0.717) is 17.3 Å². The maximum absolute atomic E-state index is 13.8. The predicted molar refractivity (Wildman–Crippen MR) is 80.0 cm³/mol. The number of hydrogen-bond donors (Lipinski definition) is 2. The number of aromatic carboxylic acids is 1. The third kappa shape index (κ3) is 2.57. The van der Waals surface area contributed by atoms with Gasteiger partial charge < -0.3 is 15.7 Å². The van der Waals surface area contributed by atoms with E-state index in [9.17, 15) is 9.18 Å². The number of nitrogens with two attached hydrogens (primary N) is 1. The molecule has 2 bridgehead atoms. The van der Waals surface area contributed by atoms with Crippen LogP contribution >= 0.6 is 0 Å². The van der Waals surface area contributed by atoms with E-state index in [1.54, 1.807) is 0 Å². The number of anilines is 2. The van der Waals surface area contributed by atoms with Crippen molar-refractivity contribution < 1.29 is 14.3 Å².